The molecule has 0 atom stereocenters. The standard InChI is InChI=1S/C21H23F3/c1-14-2-4-15(5-3-14)6-7-16-8-10-17(11-9-16)18-12-19(22)21(24)20(23)13-18/h8-15H,2-7H2,1H3. The Kier molecular flexibility index (Phi) is 5.27. The average molecular weight is 332 g/mol. The van der Waals surface area contributed by atoms with Crippen LogP contribution in [0.1, 0.15) is 44.6 Å². The molecule has 2 aromatic carbocycles. The fraction of sp³-hybridized carbons (Fsp3) is 0.429. The molecule has 1 aliphatic rings. The zero-order chi connectivity index (χ0) is 17.1. The quantitative estimate of drug-likeness (QED) is 0.558. The van der Waals surface area contributed by atoms with Crippen LogP contribution in [0.15, 0.2) is 36.4 Å². The molecule has 0 N–H and O–H groups in total. The monoisotopic (exact) mass is 332 g/mol. The van der Waals surface area contributed by atoms with Gasteiger partial charge in [-0.15, -0.1) is 0 Å². The van der Waals surface area contributed by atoms with E-state index in [0.717, 1.165) is 30.4 Å². The summed E-state index contributed by atoms with van der Waals surface area (Å²) in [7, 11) is 0. The summed E-state index contributed by atoms with van der Waals surface area (Å²) in [5, 5.41) is 0. The van der Waals surface area contributed by atoms with Crippen molar-refractivity contribution in [1.82, 2.24) is 0 Å². The molecule has 0 unspecified atom stereocenters. The van der Waals surface area contributed by atoms with Gasteiger partial charge in [0.05, 0.1) is 0 Å². The Morgan fingerprint density at radius 3 is 2.00 bits per heavy atom. The maximum atomic E-state index is 13.3. The van der Waals surface area contributed by atoms with Gasteiger partial charge in [-0.25, -0.2) is 13.2 Å². The first-order valence-electron chi connectivity index (χ1n) is 8.77. The van der Waals surface area contributed by atoms with Gasteiger partial charge in [0.15, 0.2) is 17.5 Å². The Hall–Kier alpha value is -1.77. The molecule has 0 nitrogen and oxygen atoms in total. The van der Waals surface area contributed by atoms with Crippen LogP contribution in [0.4, 0.5) is 13.2 Å². The summed E-state index contributed by atoms with van der Waals surface area (Å²) in [5.41, 5.74) is 2.29. The number of halogens is 3. The van der Waals surface area contributed by atoms with Gasteiger partial charge in [0, 0.05) is 0 Å². The van der Waals surface area contributed by atoms with E-state index >= 15 is 0 Å². The molecule has 0 radical (unpaired) electrons. The lowest BCUT2D eigenvalue weighted by Crippen LogP contribution is -2.12. The van der Waals surface area contributed by atoms with Gasteiger partial charge in [-0.3, -0.25) is 0 Å². The fourth-order valence-electron chi connectivity index (χ4n) is 3.57. The number of benzene rings is 2. The van der Waals surface area contributed by atoms with E-state index in [1.54, 1.807) is 0 Å². The SMILES string of the molecule is CC1CCC(CCc2ccc(-c3cc(F)c(F)c(F)c3)cc2)CC1. The van der Waals surface area contributed by atoms with E-state index in [1.165, 1.54) is 37.7 Å². The minimum absolute atomic E-state index is 0.360. The second-order valence-electron chi connectivity index (χ2n) is 7.12. The molecular formula is C21H23F3. The molecule has 0 aliphatic heterocycles. The van der Waals surface area contributed by atoms with Crippen LogP contribution in [0.25, 0.3) is 11.1 Å². The lowest BCUT2D eigenvalue weighted by atomic mass is 9.80. The normalized spacial score (nSPS) is 21.0. The van der Waals surface area contributed by atoms with Gasteiger partial charge in [0.1, 0.15) is 0 Å². The van der Waals surface area contributed by atoms with Gasteiger partial charge >= 0.3 is 0 Å². The highest BCUT2D eigenvalue weighted by molar-refractivity contribution is 5.63. The lowest BCUT2D eigenvalue weighted by Gasteiger charge is -2.26. The molecule has 0 bridgehead atoms. The van der Waals surface area contributed by atoms with Crippen LogP contribution >= 0.6 is 0 Å². The van der Waals surface area contributed by atoms with Gasteiger partial charge < -0.3 is 0 Å². The zero-order valence-corrected chi connectivity index (χ0v) is 14.0. The third-order valence-corrected chi connectivity index (χ3v) is 5.25. The van der Waals surface area contributed by atoms with E-state index in [0.29, 0.717) is 11.1 Å². The van der Waals surface area contributed by atoms with Crippen LogP contribution in [0, 0.1) is 29.3 Å². The Bertz CT molecular complexity index is 660. The van der Waals surface area contributed by atoms with Crippen molar-refractivity contribution in [2.24, 2.45) is 11.8 Å². The molecule has 0 heterocycles. The van der Waals surface area contributed by atoms with Gasteiger partial charge in [0.2, 0.25) is 0 Å². The fourth-order valence-corrected chi connectivity index (χ4v) is 3.57. The van der Waals surface area contributed by atoms with Crippen molar-refractivity contribution in [2.75, 3.05) is 0 Å². The topological polar surface area (TPSA) is 0 Å². The Labute approximate surface area is 141 Å². The second-order valence-corrected chi connectivity index (χ2v) is 7.12. The molecule has 2 aromatic rings. The number of hydrogen-bond acceptors (Lipinski definition) is 0. The molecule has 1 aliphatic carbocycles. The number of hydrogen-bond donors (Lipinski definition) is 0. The van der Waals surface area contributed by atoms with Gasteiger partial charge in [0.25, 0.3) is 0 Å². The molecule has 0 saturated heterocycles. The number of rotatable bonds is 4. The Balaban J connectivity index is 1.63. The van der Waals surface area contributed by atoms with Crippen LogP contribution in [-0.2, 0) is 6.42 Å². The molecule has 3 heteroatoms. The molecule has 1 fully saturated rings. The lowest BCUT2D eigenvalue weighted by molar-refractivity contribution is 0.278. The average Bonchev–Trinajstić information content (AvgIpc) is 2.59. The highest BCUT2D eigenvalue weighted by Crippen LogP contribution is 2.31. The van der Waals surface area contributed by atoms with Crippen LogP contribution < -0.4 is 0 Å². The van der Waals surface area contributed by atoms with Crippen molar-refractivity contribution in [3.8, 4) is 11.1 Å². The summed E-state index contributed by atoms with van der Waals surface area (Å²) < 4.78 is 39.7. The summed E-state index contributed by atoms with van der Waals surface area (Å²) in [6.07, 6.45) is 7.56. The van der Waals surface area contributed by atoms with E-state index < -0.39 is 17.5 Å². The van der Waals surface area contributed by atoms with E-state index in [1.807, 2.05) is 24.3 Å². The summed E-state index contributed by atoms with van der Waals surface area (Å²) >= 11 is 0. The van der Waals surface area contributed by atoms with E-state index in [-0.39, 0.29) is 0 Å². The Morgan fingerprint density at radius 1 is 0.833 bits per heavy atom. The van der Waals surface area contributed by atoms with Crippen LogP contribution in [0.3, 0.4) is 0 Å². The second kappa shape index (κ2) is 7.42. The zero-order valence-electron chi connectivity index (χ0n) is 14.0. The first-order chi connectivity index (χ1) is 11.5. The largest absolute Gasteiger partial charge is 0.204 e. The van der Waals surface area contributed by atoms with Crippen LogP contribution in [-0.4, -0.2) is 0 Å². The highest BCUT2D eigenvalue weighted by Gasteiger charge is 2.18. The third-order valence-electron chi connectivity index (χ3n) is 5.25. The minimum atomic E-state index is -1.42. The number of aryl methyl sites for hydroxylation is 1. The van der Waals surface area contributed by atoms with Gasteiger partial charge in [-0.1, -0.05) is 56.9 Å². The summed E-state index contributed by atoms with van der Waals surface area (Å²) in [5.74, 6) is -2.03. The first-order valence-corrected chi connectivity index (χ1v) is 8.77. The summed E-state index contributed by atoms with van der Waals surface area (Å²) in [6.45, 7) is 2.33. The van der Waals surface area contributed by atoms with Crippen molar-refractivity contribution >= 4 is 0 Å². The first kappa shape index (κ1) is 17.1. The van der Waals surface area contributed by atoms with Crippen molar-refractivity contribution in [2.45, 2.75) is 45.4 Å². The van der Waals surface area contributed by atoms with Crippen molar-refractivity contribution in [1.29, 1.82) is 0 Å². The molecule has 0 amide bonds. The smallest absolute Gasteiger partial charge is 0.194 e. The molecular weight excluding hydrogens is 309 g/mol. The van der Waals surface area contributed by atoms with Crippen LogP contribution in [0.5, 0.6) is 0 Å². The molecule has 3 rings (SSSR count). The molecule has 24 heavy (non-hydrogen) atoms. The van der Waals surface area contributed by atoms with E-state index in [2.05, 4.69) is 6.92 Å². The Morgan fingerprint density at radius 2 is 1.42 bits per heavy atom. The van der Waals surface area contributed by atoms with Gasteiger partial charge in [-0.05, 0) is 53.5 Å². The summed E-state index contributed by atoms with van der Waals surface area (Å²) in [4.78, 5) is 0. The summed E-state index contributed by atoms with van der Waals surface area (Å²) in [6, 6.07) is 9.78. The minimum Gasteiger partial charge on any atom is -0.204 e. The van der Waals surface area contributed by atoms with E-state index in [9.17, 15) is 13.2 Å². The van der Waals surface area contributed by atoms with Crippen molar-refractivity contribution < 1.29 is 13.2 Å². The predicted molar refractivity (Wildman–Crippen MR) is 91.2 cm³/mol. The van der Waals surface area contributed by atoms with Crippen molar-refractivity contribution in [3.63, 3.8) is 0 Å². The van der Waals surface area contributed by atoms with Gasteiger partial charge in [-0.2, -0.15) is 0 Å². The third kappa shape index (κ3) is 4.00. The van der Waals surface area contributed by atoms with E-state index in [4.69, 9.17) is 0 Å². The van der Waals surface area contributed by atoms with Crippen molar-refractivity contribution in [3.05, 3.63) is 59.4 Å². The predicted octanol–water partition coefficient (Wildman–Crippen LogP) is 6.53. The van der Waals surface area contributed by atoms with Crippen LogP contribution in [0.2, 0.25) is 0 Å². The maximum absolute atomic E-state index is 13.3. The maximum Gasteiger partial charge on any atom is 0.194 e. The molecule has 1 saturated carbocycles. The molecule has 0 aromatic heterocycles. The molecule has 128 valence electrons. The highest BCUT2D eigenvalue weighted by atomic mass is 19.2. The molecule has 0 spiro atoms.